The maximum atomic E-state index is 12.1. The molecule has 18 heavy (non-hydrogen) atoms. The van der Waals surface area contributed by atoms with Crippen LogP contribution in [0.25, 0.3) is 0 Å². The molecule has 0 aliphatic heterocycles. The average Bonchev–Trinajstić information content (AvgIpc) is 2.27. The first-order chi connectivity index (χ1) is 8.50. The molecule has 2 aliphatic carbocycles. The number of nitrogens with one attached hydrogen (secondary N) is 1. The Kier molecular flexibility index (Phi) is 4.31. The summed E-state index contributed by atoms with van der Waals surface area (Å²) in [7, 11) is 0. The maximum Gasteiger partial charge on any atom is 0.222 e. The predicted molar refractivity (Wildman–Crippen MR) is 74.1 cm³/mol. The van der Waals surface area contributed by atoms with Crippen molar-refractivity contribution in [3.05, 3.63) is 0 Å². The number of carbonyl (C=O) groups excluding carboxylic acids is 1. The standard InChI is InChI=1S/C15H28N2O/c1-11(2)12-6-3-4-7-13(12)17-14(18)10-15(16)8-5-9-15/h11-13H,3-10,16H2,1-2H3,(H,17,18). The largest absolute Gasteiger partial charge is 0.353 e. The van der Waals surface area contributed by atoms with Crippen LogP contribution in [-0.4, -0.2) is 17.5 Å². The van der Waals surface area contributed by atoms with E-state index in [0.29, 0.717) is 24.3 Å². The van der Waals surface area contributed by atoms with E-state index in [1.165, 1.54) is 25.7 Å². The summed E-state index contributed by atoms with van der Waals surface area (Å²) < 4.78 is 0. The first-order valence-corrected chi connectivity index (χ1v) is 7.58. The van der Waals surface area contributed by atoms with Crippen LogP contribution in [-0.2, 0) is 4.79 Å². The van der Waals surface area contributed by atoms with Crippen LogP contribution in [0.15, 0.2) is 0 Å². The lowest BCUT2D eigenvalue weighted by Crippen LogP contribution is -2.52. The van der Waals surface area contributed by atoms with Crippen LogP contribution in [0.5, 0.6) is 0 Å². The highest BCUT2D eigenvalue weighted by Gasteiger charge is 2.36. The first-order valence-electron chi connectivity index (χ1n) is 7.58. The van der Waals surface area contributed by atoms with Crippen molar-refractivity contribution in [3.63, 3.8) is 0 Å². The van der Waals surface area contributed by atoms with Gasteiger partial charge in [0, 0.05) is 18.0 Å². The number of carbonyl (C=O) groups is 1. The molecule has 3 heteroatoms. The van der Waals surface area contributed by atoms with Crippen molar-refractivity contribution in [3.8, 4) is 0 Å². The van der Waals surface area contributed by atoms with Crippen molar-refractivity contribution >= 4 is 5.91 Å². The third kappa shape index (κ3) is 3.25. The highest BCUT2D eigenvalue weighted by molar-refractivity contribution is 5.77. The molecule has 2 fully saturated rings. The summed E-state index contributed by atoms with van der Waals surface area (Å²) in [5.41, 5.74) is 5.95. The number of rotatable bonds is 4. The lowest BCUT2D eigenvalue weighted by Gasteiger charge is -2.39. The summed E-state index contributed by atoms with van der Waals surface area (Å²) in [5, 5.41) is 3.26. The van der Waals surface area contributed by atoms with Gasteiger partial charge in [-0.2, -0.15) is 0 Å². The maximum absolute atomic E-state index is 12.1. The molecule has 2 saturated carbocycles. The first kappa shape index (κ1) is 13.9. The van der Waals surface area contributed by atoms with Gasteiger partial charge in [0.1, 0.15) is 0 Å². The molecule has 0 spiro atoms. The van der Waals surface area contributed by atoms with E-state index in [1.807, 2.05) is 0 Å². The third-order valence-electron chi connectivity index (χ3n) is 4.88. The molecule has 0 bridgehead atoms. The van der Waals surface area contributed by atoms with Crippen molar-refractivity contribution < 1.29 is 4.79 Å². The van der Waals surface area contributed by atoms with Crippen molar-refractivity contribution in [2.24, 2.45) is 17.6 Å². The second-order valence-corrected chi connectivity index (χ2v) is 6.76. The number of nitrogens with two attached hydrogens (primary N) is 1. The molecule has 0 aromatic rings. The minimum absolute atomic E-state index is 0.176. The Labute approximate surface area is 111 Å². The van der Waals surface area contributed by atoms with Gasteiger partial charge < -0.3 is 11.1 Å². The Hall–Kier alpha value is -0.570. The molecule has 2 unspecified atom stereocenters. The molecule has 0 aromatic carbocycles. The lowest BCUT2D eigenvalue weighted by atomic mass is 9.74. The molecule has 104 valence electrons. The quantitative estimate of drug-likeness (QED) is 0.808. The van der Waals surface area contributed by atoms with E-state index in [1.54, 1.807) is 0 Å². The fourth-order valence-electron chi connectivity index (χ4n) is 3.52. The lowest BCUT2D eigenvalue weighted by molar-refractivity contribution is -0.124. The average molecular weight is 252 g/mol. The number of amides is 1. The smallest absolute Gasteiger partial charge is 0.222 e. The Bertz CT molecular complexity index is 297. The summed E-state index contributed by atoms with van der Waals surface area (Å²) >= 11 is 0. The van der Waals surface area contributed by atoms with E-state index in [0.717, 1.165) is 19.3 Å². The third-order valence-corrected chi connectivity index (χ3v) is 4.88. The molecule has 0 heterocycles. The predicted octanol–water partition coefficient (Wildman–Crippen LogP) is 2.59. The van der Waals surface area contributed by atoms with E-state index in [-0.39, 0.29) is 11.4 Å². The van der Waals surface area contributed by atoms with Crippen LogP contribution in [0.1, 0.15) is 65.2 Å². The van der Waals surface area contributed by atoms with Gasteiger partial charge in [-0.05, 0) is 43.9 Å². The Morgan fingerprint density at radius 3 is 2.50 bits per heavy atom. The Morgan fingerprint density at radius 1 is 1.28 bits per heavy atom. The van der Waals surface area contributed by atoms with Crippen LogP contribution in [0.2, 0.25) is 0 Å². The molecule has 2 rings (SSSR count). The van der Waals surface area contributed by atoms with Crippen LogP contribution in [0.4, 0.5) is 0 Å². The van der Waals surface area contributed by atoms with Crippen LogP contribution >= 0.6 is 0 Å². The van der Waals surface area contributed by atoms with Gasteiger partial charge >= 0.3 is 0 Å². The van der Waals surface area contributed by atoms with Gasteiger partial charge in [-0.15, -0.1) is 0 Å². The summed E-state index contributed by atoms with van der Waals surface area (Å²) in [5.74, 6) is 1.48. The molecule has 3 nitrogen and oxygen atoms in total. The monoisotopic (exact) mass is 252 g/mol. The van der Waals surface area contributed by atoms with Crippen LogP contribution in [0.3, 0.4) is 0 Å². The summed E-state index contributed by atoms with van der Waals surface area (Å²) in [4.78, 5) is 12.1. The van der Waals surface area contributed by atoms with Crippen molar-refractivity contribution in [1.29, 1.82) is 0 Å². The van der Waals surface area contributed by atoms with Gasteiger partial charge in [-0.25, -0.2) is 0 Å². The molecule has 2 atom stereocenters. The molecule has 0 radical (unpaired) electrons. The zero-order valence-corrected chi connectivity index (χ0v) is 11.9. The number of hydrogen-bond acceptors (Lipinski definition) is 2. The van der Waals surface area contributed by atoms with Crippen LogP contribution in [0, 0.1) is 11.8 Å². The summed E-state index contributed by atoms with van der Waals surface area (Å²) in [6.07, 6.45) is 8.70. The molecule has 0 aromatic heterocycles. The second-order valence-electron chi connectivity index (χ2n) is 6.76. The fraction of sp³-hybridized carbons (Fsp3) is 0.933. The SMILES string of the molecule is CC(C)C1CCCCC1NC(=O)CC1(N)CCC1. The fourth-order valence-corrected chi connectivity index (χ4v) is 3.52. The highest BCUT2D eigenvalue weighted by atomic mass is 16.1. The van der Waals surface area contributed by atoms with Gasteiger partial charge in [-0.3, -0.25) is 4.79 Å². The summed E-state index contributed by atoms with van der Waals surface area (Å²) in [6, 6.07) is 0.384. The van der Waals surface area contributed by atoms with E-state index < -0.39 is 0 Å². The molecule has 2 aliphatic rings. The second kappa shape index (κ2) is 5.60. The van der Waals surface area contributed by atoms with Gasteiger partial charge in [0.15, 0.2) is 0 Å². The highest BCUT2D eigenvalue weighted by Crippen LogP contribution is 2.33. The van der Waals surface area contributed by atoms with E-state index >= 15 is 0 Å². The van der Waals surface area contributed by atoms with E-state index in [4.69, 9.17) is 5.73 Å². The zero-order chi connectivity index (χ0) is 13.2. The van der Waals surface area contributed by atoms with Crippen molar-refractivity contribution in [2.75, 3.05) is 0 Å². The summed E-state index contributed by atoms with van der Waals surface area (Å²) in [6.45, 7) is 4.54. The van der Waals surface area contributed by atoms with Gasteiger partial charge in [-0.1, -0.05) is 26.7 Å². The normalized spacial score (nSPS) is 30.9. The van der Waals surface area contributed by atoms with Crippen molar-refractivity contribution in [1.82, 2.24) is 5.32 Å². The Morgan fingerprint density at radius 2 is 1.94 bits per heavy atom. The Balaban J connectivity index is 1.84. The minimum Gasteiger partial charge on any atom is -0.353 e. The van der Waals surface area contributed by atoms with E-state index in [9.17, 15) is 4.79 Å². The molecule has 1 amide bonds. The van der Waals surface area contributed by atoms with Crippen LogP contribution < -0.4 is 11.1 Å². The van der Waals surface area contributed by atoms with Gasteiger partial charge in [0.2, 0.25) is 5.91 Å². The zero-order valence-electron chi connectivity index (χ0n) is 11.9. The van der Waals surface area contributed by atoms with E-state index in [2.05, 4.69) is 19.2 Å². The molecular formula is C15H28N2O. The van der Waals surface area contributed by atoms with Gasteiger partial charge in [0.25, 0.3) is 0 Å². The van der Waals surface area contributed by atoms with Gasteiger partial charge in [0.05, 0.1) is 0 Å². The van der Waals surface area contributed by atoms with Crippen molar-refractivity contribution in [2.45, 2.75) is 76.8 Å². The molecular weight excluding hydrogens is 224 g/mol. The molecule has 0 saturated heterocycles. The topological polar surface area (TPSA) is 55.1 Å². The number of hydrogen-bond donors (Lipinski definition) is 2. The minimum atomic E-state index is -0.188. The molecule has 3 N–H and O–H groups in total.